The van der Waals surface area contributed by atoms with E-state index in [1.165, 1.54) is 26.2 Å². The second kappa shape index (κ2) is 5.63. The zero-order chi connectivity index (χ0) is 11.3. The van der Waals surface area contributed by atoms with E-state index in [9.17, 15) is 4.79 Å². The van der Waals surface area contributed by atoms with Crippen LogP contribution in [0, 0.1) is 6.92 Å². The average molecular weight is 209 g/mol. The molecule has 84 valence electrons. The van der Waals surface area contributed by atoms with E-state index in [0.29, 0.717) is 5.69 Å². The van der Waals surface area contributed by atoms with Gasteiger partial charge in [0.1, 0.15) is 0 Å². The molecule has 0 aliphatic heterocycles. The third-order valence-corrected chi connectivity index (χ3v) is 2.54. The van der Waals surface area contributed by atoms with Gasteiger partial charge in [-0.05, 0) is 13.3 Å². The Labute approximate surface area is 90.7 Å². The van der Waals surface area contributed by atoms with Crippen LogP contribution in [0.4, 0.5) is 0 Å². The molecule has 4 heteroatoms. The first kappa shape index (κ1) is 11.9. The monoisotopic (exact) mass is 209 g/mol. The molecular weight excluding hydrogens is 190 g/mol. The van der Waals surface area contributed by atoms with Crippen LogP contribution in [0.2, 0.25) is 0 Å². The van der Waals surface area contributed by atoms with Crippen molar-refractivity contribution in [2.75, 3.05) is 0 Å². The molecular formula is C11H19N3O. The fraction of sp³-hybridized carbons (Fsp3) is 0.727. The Kier molecular flexibility index (Phi) is 4.46. The minimum absolute atomic E-state index is 0.00712. The number of aromatic nitrogens is 3. The second-order valence-corrected chi connectivity index (χ2v) is 3.86. The number of Topliss-reactive ketones (excluding diaryl/α,β-unsaturated/α-hetero) is 1. The third-order valence-electron chi connectivity index (χ3n) is 2.54. The number of hydrogen-bond acceptors (Lipinski definition) is 3. The number of carbonyl (C=O) groups is 1. The number of aryl methyl sites for hydroxylation is 1. The standard InChI is InChI=1S/C11H19N3O/c1-4-5-6-7-8-14-9(2)11(10(3)15)12-13-14/h4-8H2,1-3H3. The number of carbonyl (C=O) groups excluding carboxylic acids is 1. The lowest BCUT2D eigenvalue weighted by molar-refractivity contribution is 0.101. The van der Waals surface area contributed by atoms with Gasteiger partial charge < -0.3 is 0 Å². The van der Waals surface area contributed by atoms with Gasteiger partial charge in [-0.2, -0.15) is 0 Å². The third kappa shape index (κ3) is 3.15. The van der Waals surface area contributed by atoms with Crippen LogP contribution < -0.4 is 0 Å². The van der Waals surface area contributed by atoms with E-state index in [4.69, 9.17) is 0 Å². The number of unbranched alkanes of at least 4 members (excludes halogenated alkanes) is 3. The first-order chi connectivity index (χ1) is 7.16. The van der Waals surface area contributed by atoms with Crippen molar-refractivity contribution in [1.29, 1.82) is 0 Å². The Bertz CT molecular complexity index is 331. The largest absolute Gasteiger partial charge is 0.293 e. The van der Waals surface area contributed by atoms with Crippen LogP contribution in [0.3, 0.4) is 0 Å². The average Bonchev–Trinajstić information content (AvgIpc) is 2.55. The van der Waals surface area contributed by atoms with Crippen LogP contribution in [0.25, 0.3) is 0 Å². The molecule has 0 unspecified atom stereocenters. The molecule has 0 aliphatic carbocycles. The maximum Gasteiger partial charge on any atom is 0.181 e. The Morgan fingerprint density at radius 2 is 2.07 bits per heavy atom. The van der Waals surface area contributed by atoms with Crippen LogP contribution in [0.15, 0.2) is 0 Å². The van der Waals surface area contributed by atoms with Crippen molar-refractivity contribution in [1.82, 2.24) is 15.0 Å². The summed E-state index contributed by atoms with van der Waals surface area (Å²) in [5, 5.41) is 7.86. The topological polar surface area (TPSA) is 47.8 Å². The Balaban J connectivity index is 2.51. The number of ketones is 1. The summed E-state index contributed by atoms with van der Waals surface area (Å²) in [6.07, 6.45) is 4.81. The highest BCUT2D eigenvalue weighted by atomic mass is 16.1. The summed E-state index contributed by atoms with van der Waals surface area (Å²) in [5.74, 6) is -0.00712. The quantitative estimate of drug-likeness (QED) is 0.534. The second-order valence-electron chi connectivity index (χ2n) is 3.86. The molecule has 0 radical (unpaired) electrons. The highest BCUT2D eigenvalue weighted by molar-refractivity contribution is 5.92. The predicted molar refractivity (Wildman–Crippen MR) is 58.9 cm³/mol. The number of hydrogen-bond donors (Lipinski definition) is 0. The zero-order valence-corrected chi connectivity index (χ0v) is 9.79. The summed E-state index contributed by atoms with van der Waals surface area (Å²) in [4.78, 5) is 11.1. The first-order valence-corrected chi connectivity index (χ1v) is 5.57. The fourth-order valence-corrected chi connectivity index (χ4v) is 1.59. The van der Waals surface area contributed by atoms with Crippen molar-refractivity contribution in [3.8, 4) is 0 Å². The SMILES string of the molecule is CCCCCCn1nnc(C(C)=O)c1C. The molecule has 0 spiro atoms. The summed E-state index contributed by atoms with van der Waals surface area (Å²) < 4.78 is 1.83. The molecule has 1 aromatic heterocycles. The van der Waals surface area contributed by atoms with E-state index in [2.05, 4.69) is 17.2 Å². The molecule has 0 bridgehead atoms. The van der Waals surface area contributed by atoms with Gasteiger partial charge in [0.25, 0.3) is 0 Å². The first-order valence-electron chi connectivity index (χ1n) is 5.57. The van der Waals surface area contributed by atoms with E-state index in [1.54, 1.807) is 0 Å². The molecule has 0 N–H and O–H groups in total. The Hall–Kier alpha value is -1.19. The summed E-state index contributed by atoms with van der Waals surface area (Å²) in [6, 6.07) is 0. The Morgan fingerprint density at radius 3 is 2.60 bits per heavy atom. The van der Waals surface area contributed by atoms with E-state index >= 15 is 0 Å². The molecule has 0 fully saturated rings. The van der Waals surface area contributed by atoms with Gasteiger partial charge in [-0.1, -0.05) is 31.4 Å². The smallest absolute Gasteiger partial charge is 0.181 e. The van der Waals surface area contributed by atoms with Crippen LogP contribution in [-0.2, 0) is 6.54 Å². The van der Waals surface area contributed by atoms with Gasteiger partial charge >= 0.3 is 0 Å². The molecule has 1 heterocycles. The van der Waals surface area contributed by atoms with Gasteiger partial charge in [0.15, 0.2) is 11.5 Å². The van der Waals surface area contributed by atoms with Gasteiger partial charge in [0, 0.05) is 13.5 Å². The van der Waals surface area contributed by atoms with Crippen molar-refractivity contribution in [3.63, 3.8) is 0 Å². The number of nitrogens with zero attached hydrogens (tertiary/aromatic N) is 3. The number of rotatable bonds is 6. The maximum atomic E-state index is 11.1. The highest BCUT2D eigenvalue weighted by Crippen LogP contribution is 2.07. The van der Waals surface area contributed by atoms with Crippen molar-refractivity contribution >= 4 is 5.78 Å². The van der Waals surface area contributed by atoms with Crippen LogP contribution >= 0.6 is 0 Å². The van der Waals surface area contributed by atoms with Crippen molar-refractivity contribution < 1.29 is 4.79 Å². The molecule has 0 aromatic carbocycles. The highest BCUT2D eigenvalue weighted by Gasteiger charge is 2.11. The fourth-order valence-electron chi connectivity index (χ4n) is 1.59. The van der Waals surface area contributed by atoms with Crippen molar-refractivity contribution in [2.24, 2.45) is 0 Å². The molecule has 1 rings (SSSR count). The molecule has 15 heavy (non-hydrogen) atoms. The lowest BCUT2D eigenvalue weighted by Crippen LogP contribution is -2.04. The van der Waals surface area contributed by atoms with E-state index in [-0.39, 0.29) is 5.78 Å². The van der Waals surface area contributed by atoms with Crippen molar-refractivity contribution in [3.05, 3.63) is 11.4 Å². The predicted octanol–water partition coefficient (Wildman–Crippen LogP) is 2.37. The van der Waals surface area contributed by atoms with E-state index < -0.39 is 0 Å². The molecule has 0 atom stereocenters. The van der Waals surface area contributed by atoms with Gasteiger partial charge in [0.05, 0.1) is 5.69 Å². The summed E-state index contributed by atoms with van der Waals surface area (Å²) >= 11 is 0. The van der Waals surface area contributed by atoms with Gasteiger partial charge in [-0.15, -0.1) is 5.10 Å². The lowest BCUT2D eigenvalue weighted by Gasteiger charge is -2.02. The molecule has 1 aromatic rings. The molecule has 0 amide bonds. The summed E-state index contributed by atoms with van der Waals surface area (Å²) in [6.45, 7) is 6.48. The molecule has 4 nitrogen and oxygen atoms in total. The minimum Gasteiger partial charge on any atom is -0.293 e. The molecule has 0 saturated carbocycles. The van der Waals surface area contributed by atoms with Gasteiger partial charge in [-0.3, -0.25) is 4.79 Å². The minimum atomic E-state index is -0.00712. The van der Waals surface area contributed by atoms with E-state index in [1.807, 2.05) is 11.6 Å². The normalized spacial score (nSPS) is 10.6. The van der Waals surface area contributed by atoms with Crippen LogP contribution in [0.1, 0.15) is 55.7 Å². The van der Waals surface area contributed by atoms with E-state index in [0.717, 1.165) is 18.7 Å². The van der Waals surface area contributed by atoms with Crippen molar-refractivity contribution in [2.45, 2.75) is 53.0 Å². The summed E-state index contributed by atoms with van der Waals surface area (Å²) in [7, 11) is 0. The van der Waals surface area contributed by atoms with Gasteiger partial charge in [-0.25, -0.2) is 4.68 Å². The molecule has 0 aliphatic rings. The maximum absolute atomic E-state index is 11.1. The molecule has 0 saturated heterocycles. The summed E-state index contributed by atoms with van der Waals surface area (Å²) in [5.41, 5.74) is 1.39. The zero-order valence-electron chi connectivity index (χ0n) is 9.79. The lowest BCUT2D eigenvalue weighted by atomic mass is 10.2. The van der Waals surface area contributed by atoms with Crippen LogP contribution in [-0.4, -0.2) is 20.8 Å². The van der Waals surface area contributed by atoms with Crippen LogP contribution in [0.5, 0.6) is 0 Å². The van der Waals surface area contributed by atoms with Gasteiger partial charge in [0.2, 0.25) is 0 Å². The Morgan fingerprint density at radius 1 is 1.33 bits per heavy atom.